The Labute approximate surface area is 136 Å². The minimum absolute atomic E-state index is 0. The number of hydrogen-bond acceptors (Lipinski definition) is 3. The van der Waals surface area contributed by atoms with E-state index in [1.807, 2.05) is 26.0 Å². The molecule has 0 radical (unpaired) electrons. The van der Waals surface area contributed by atoms with Gasteiger partial charge in [0.25, 0.3) is 0 Å². The van der Waals surface area contributed by atoms with Crippen molar-refractivity contribution in [3.05, 3.63) is 28.8 Å². The number of carbonyl (C=O) groups is 1. The summed E-state index contributed by atoms with van der Waals surface area (Å²) in [6.07, 6.45) is 1.61. The Hall–Kier alpha value is -0.970. The fourth-order valence-corrected chi connectivity index (χ4v) is 2.55. The predicted molar refractivity (Wildman–Crippen MR) is 87.1 cm³/mol. The molecule has 4 nitrogen and oxygen atoms in total. The van der Waals surface area contributed by atoms with Crippen LogP contribution in [0.4, 0.5) is 0 Å². The average molecular weight is 333 g/mol. The summed E-state index contributed by atoms with van der Waals surface area (Å²) in [6, 6.07) is 5.02. The van der Waals surface area contributed by atoms with Gasteiger partial charge in [-0.25, -0.2) is 0 Å². The Bertz CT molecular complexity index is 497. The Morgan fingerprint density at radius 3 is 2.95 bits per heavy atom. The Morgan fingerprint density at radius 2 is 2.29 bits per heavy atom. The van der Waals surface area contributed by atoms with Gasteiger partial charge in [-0.05, 0) is 12.0 Å². The summed E-state index contributed by atoms with van der Waals surface area (Å²) in [5, 5.41) is 3.59. The molecule has 21 heavy (non-hydrogen) atoms. The smallest absolute Gasteiger partial charge is 0.237 e. The van der Waals surface area contributed by atoms with Crippen LogP contribution in [-0.4, -0.2) is 18.6 Å². The van der Waals surface area contributed by atoms with Gasteiger partial charge in [0.2, 0.25) is 5.91 Å². The standard InChI is InChI=1S/C15H21ClN2O2.ClH/c1-3-9(2)13(17)15(19)18-12-7-8-20-14-10(12)5-4-6-11(14)16;/h4-6,9,12-13H,3,7-8,17H2,1-2H3,(H,18,19);1H. The molecule has 1 aromatic carbocycles. The second-order valence-electron chi connectivity index (χ2n) is 5.27. The maximum Gasteiger partial charge on any atom is 0.237 e. The zero-order chi connectivity index (χ0) is 14.7. The van der Waals surface area contributed by atoms with Gasteiger partial charge in [-0.2, -0.15) is 0 Å². The van der Waals surface area contributed by atoms with Crippen molar-refractivity contribution in [3.8, 4) is 5.75 Å². The monoisotopic (exact) mass is 332 g/mol. The number of carbonyl (C=O) groups excluding carboxylic acids is 1. The molecule has 0 aromatic heterocycles. The fraction of sp³-hybridized carbons (Fsp3) is 0.533. The first-order valence-corrected chi connectivity index (χ1v) is 7.39. The van der Waals surface area contributed by atoms with E-state index in [0.29, 0.717) is 17.4 Å². The lowest BCUT2D eigenvalue weighted by atomic mass is 9.96. The van der Waals surface area contributed by atoms with E-state index >= 15 is 0 Å². The summed E-state index contributed by atoms with van der Waals surface area (Å²) in [7, 11) is 0. The number of nitrogens with one attached hydrogen (secondary N) is 1. The normalized spacial score (nSPS) is 19.5. The minimum Gasteiger partial charge on any atom is -0.492 e. The van der Waals surface area contributed by atoms with Gasteiger partial charge in [0.05, 0.1) is 23.7 Å². The molecule has 0 fully saturated rings. The van der Waals surface area contributed by atoms with Crippen molar-refractivity contribution in [2.24, 2.45) is 11.7 Å². The van der Waals surface area contributed by atoms with Gasteiger partial charge in [0, 0.05) is 12.0 Å². The van der Waals surface area contributed by atoms with Gasteiger partial charge in [-0.15, -0.1) is 12.4 Å². The molecule has 0 aliphatic carbocycles. The topological polar surface area (TPSA) is 64.4 Å². The molecule has 3 atom stereocenters. The number of amides is 1. The van der Waals surface area contributed by atoms with Crippen molar-refractivity contribution in [1.29, 1.82) is 0 Å². The lowest BCUT2D eigenvalue weighted by molar-refractivity contribution is -0.124. The van der Waals surface area contributed by atoms with E-state index in [9.17, 15) is 4.79 Å². The van der Waals surface area contributed by atoms with E-state index < -0.39 is 6.04 Å². The maximum absolute atomic E-state index is 12.2. The molecule has 1 heterocycles. The maximum atomic E-state index is 12.2. The quantitative estimate of drug-likeness (QED) is 0.890. The van der Waals surface area contributed by atoms with Crippen molar-refractivity contribution in [2.45, 2.75) is 38.8 Å². The van der Waals surface area contributed by atoms with Crippen LogP contribution in [0.25, 0.3) is 0 Å². The van der Waals surface area contributed by atoms with E-state index in [1.165, 1.54) is 0 Å². The van der Waals surface area contributed by atoms with Crippen LogP contribution in [0.3, 0.4) is 0 Å². The second kappa shape index (κ2) is 7.87. The largest absolute Gasteiger partial charge is 0.492 e. The SMILES string of the molecule is CCC(C)C(N)C(=O)NC1CCOc2c(Cl)cccc21.Cl. The van der Waals surface area contributed by atoms with Crippen molar-refractivity contribution < 1.29 is 9.53 Å². The zero-order valence-electron chi connectivity index (χ0n) is 12.3. The highest BCUT2D eigenvalue weighted by atomic mass is 35.5. The van der Waals surface area contributed by atoms with Gasteiger partial charge in [-0.1, -0.05) is 44.0 Å². The van der Waals surface area contributed by atoms with E-state index in [1.54, 1.807) is 6.07 Å². The Balaban J connectivity index is 0.00000220. The molecule has 0 saturated heterocycles. The summed E-state index contributed by atoms with van der Waals surface area (Å²) in [4.78, 5) is 12.2. The first kappa shape index (κ1) is 18.1. The highest BCUT2D eigenvalue weighted by Gasteiger charge is 2.27. The number of benzene rings is 1. The third-order valence-corrected chi connectivity index (χ3v) is 4.20. The molecule has 3 N–H and O–H groups in total. The molecule has 0 bridgehead atoms. The Kier molecular flexibility index (Phi) is 6.78. The molecule has 0 saturated carbocycles. The summed E-state index contributed by atoms with van der Waals surface area (Å²) in [5.74, 6) is 0.716. The molecule has 3 unspecified atom stereocenters. The second-order valence-corrected chi connectivity index (χ2v) is 5.68. The van der Waals surface area contributed by atoms with Gasteiger partial charge in [0.15, 0.2) is 0 Å². The molecule has 0 spiro atoms. The van der Waals surface area contributed by atoms with Crippen molar-refractivity contribution in [3.63, 3.8) is 0 Å². The van der Waals surface area contributed by atoms with Gasteiger partial charge in [0.1, 0.15) is 5.75 Å². The molecule has 118 valence electrons. The number of hydrogen-bond donors (Lipinski definition) is 2. The molecule has 1 amide bonds. The molecular formula is C15H22Cl2N2O2. The number of fused-ring (bicyclic) bond motifs is 1. The summed E-state index contributed by atoms with van der Waals surface area (Å²) in [6.45, 7) is 4.56. The lowest BCUT2D eigenvalue weighted by Gasteiger charge is -2.29. The third kappa shape index (κ3) is 4.02. The van der Waals surface area contributed by atoms with Crippen LogP contribution >= 0.6 is 24.0 Å². The molecule has 2 rings (SSSR count). The van der Waals surface area contributed by atoms with Gasteiger partial charge in [-0.3, -0.25) is 4.79 Å². The van der Waals surface area contributed by atoms with Gasteiger partial charge < -0.3 is 15.8 Å². The van der Waals surface area contributed by atoms with Crippen LogP contribution in [0.1, 0.15) is 38.3 Å². The van der Waals surface area contributed by atoms with E-state index in [-0.39, 0.29) is 30.3 Å². The third-order valence-electron chi connectivity index (χ3n) is 3.90. The van der Waals surface area contributed by atoms with Crippen LogP contribution in [0.15, 0.2) is 18.2 Å². The van der Waals surface area contributed by atoms with Crippen molar-refractivity contribution >= 4 is 29.9 Å². The van der Waals surface area contributed by atoms with Crippen LogP contribution in [0, 0.1) is 5.92 Å². The summed E-state index contributed by atoms with van der Waals surface area (Å²) in [5.41, 5.74) is 6.89. The minimum atomic E-state index is -0.481. The highest BCUT2D eigenvalue weighted by molar-refractivity contribution is 6.32. The Morgan fingerprint density at radius 1 is 1.57 bits per heavy atom. The van der Waals surface area contributed by atoms with Crippen LogP contribution < -0.4 is 15.8 Å². The van der Waals surface area contributed by atoms with E-state index in [0.717, 1.165) is 18.4 Å². The molecular weight excluding hydrogens is 311 g/mol. The number of ether oxygens (including phenoxy) is 1. The van der Waals surface area contributed by atoms with E-state index in [2.05, 4.69) is 5.32 Å². The van der Waals surface area contributed by atoms with Crippen molar-refractivity contribution in [2.75, 3.05) is 6.61 Å². The number of nitrogens with two attached hydrogens (primary N) is 1. The average Bonchev–Trinajstić information content (AvgIpc) is 2.46. The number of rotatable bonds is 4. The number of halogens is 2. The van der Waals surface area contributed by atoms with Crippen LogP contribution in [-0.2, 0) is 4.79 Å². The van der Waals surface area contributed by atoms with Crippen LogP contribution in [0.2, 0.25) is 5.02 Å². The molecule has 6 heteroatoms. The molecule has 1 aromatic rings. The summed E-state index contributed by atoms with van der Waals surface area (Å²) < 4.78 is 5.58. The first-order valence-electron chi connectivity index (χ1n) is 7.01. The molecule has 1 aliphatic heterocycles. The summed E-state index contributed by atoms with van der Waals surface area (Å²) >= 11 is 6.12. The number of para-hydroxylation sites is 1. The zero-order valence-corrected chi connectivity index (χ0v) is 13.8. The highest BCUT2D eigenvalue weighted by Crippen LogP contribution is 2.37. The van der Waals surface area contributed by atoms with Crippen LogP contribution in [0.5, 0.6) is 5.75 Å². The lowest BCUT2D eigenvalue weighted by Crippen LogP contribution is -2.46. The van der Waals surface area contributed by atoms with Crippen molar-refractivity contribution in [1.82, 2.24) is 5.32 Å². The van der Waals surface area contributed by atoms with E-state index in [4.69, 9.17) is 22.1 Å². The van der Waals surface area contributed by atoms with Gasteiger partial charge >= 0.3 is 0 Å². The molecule has 1 aliphatic rings. The fourth-order valence-electron chi connectivity index (χ4n) is 2.32. The predicted octanol–water partition coefficient (Wildman–Crippen LogP) is 3.08. The first-order chi connectivity index (χ1) is 9.54.